The van der Waals surface area contributed by atoms with Crippen LogP contribution in [0, 0.1) is 5.92 Å². The minimum Gasteiger partial charge on any atom is -0.506 e. The Bertz CT molecular complexity index is 458. The first-order chi connectivity index (χ1) is 8.75. The molecular formula is C13H16ClNO3. The summed E-state index contributed by atoms with van der Waals surface area (Å²) < 4.78 is 10.8. The molecule has 0 saturated carbocycles. The number of ether oxygens (including phenoxy) is 2. The van der Waals surface area contributed by atoms with Crippen molar-refractivity contribution in [3.05, 3.63) is 16.7 Å². The second-order valence-electron chi connectivity index (χ2n) is 4.82. The van der Waals surface area contributed by atoms with Gasteiger partial charge < -0.3 is 19.9 Å². The number of aromatic hydroxyl groups is 1. The highest BCUT2D eigenvalue weighted by Gasteiger charge is 2.26. The van der Waals surface area contributed by atoms with Crippen molar-refractivity contribution in [2.75, 3.05) is 19.9 Å². The number of piperidine rings is 1. The van der Waals surface area contributed by atoms with Crippen LogP contribution in [0.1, 0.15) is 18.4 Å². The van der Waals surface area contributed by atoms with Crippen LogP contribution in [0.4, 0.5) is 0 Å². The van der Waals surface area contributed by atoms with Crippen molar-refractivity contribution in [2.45, 2.75) is 19.3 Å². The summed E-state index contributed by atoms with van der Waals surface area (Å²) in [5, 5.41) is 13.8. The van der Waals surface area contributed by atoms with Crippen LogP contribution >= 0.6 is 11.6 Å². The number of benzene rings is 1. The summed E-state index contributed by atoms with van der Waals surface area (Å²) in [5.41, 5.74) is 0.793. The predicted molar refractivity (Wildman–Crippen MR) is 68.5 cm³/mol. The van der Waals surface area contributed by atoms with Crippen LogP contribution in [0.3, 0.4) is 0 Å². The number of halogens is 1. The van der Waals surface area contributed by atoms with E-state index in [1.165, 1.54) is 0 Å². The third kappa shape index (κ3) is 2.10. The summed E-state index contributed by atoms with van der Waals surface area (Å²) in [6, 6.07) is 1.62. The number of nitrogens with one attached hydrogen (secondary N) is 1. The van der Waals surface area contributed by atoms with Crippen LogP contribution in [-0.2, 0) is 6.42 Å². The highest BCUT2D eigenvalue weighted by atomic mass is 35.5. The van der Waals surface area contributed by atoms with E-state index in [1.807, 2.05) is 0 Å². The number of rotatable bonds is 2. The molecule has 0 bridgehead atoms. The monoisotopic (exact) mass is 269 g/mol. The summed E-state index contributed by atoms with van der Waals surface area (Å²) in [5.74, 6) is 2.00. The molecule has 0 radical (unpaired) electrons. The number of fused-ring (bicyclic) bond motifs is 1. The van der Waals surface area contributed by atoms with Crippen molar-refractivity contribution in [2.24, 2.45) is 5.92 Å². The Morgan fingerprint density at radius 2 is 2.11 bits per heavy atom. The van der Waals surface area contributed by atoms with E-state index in [0.29, 0.717) is 22.4 Å². The van der Waals surface area contributed by atoms with Gasteiger partial charge in [-0.25, -0.2) is 0 Å². The lowest BCUT2D eigenvalue weighted by Gasteiger charge is -2.23. The highest BCUT2D eigenvalue weighted by molar-refractivity contribution is 6.32. The van der Waals surface area contributed by atoms with Gasteiger partial charge in [0.05, 0.1) is 5.02 Å². The average molecular weight is 270 g/mol. The van der Waals surface area contributed by atoms with E-state index in [1.54, 1.807) is 6.07 Å². The molecule has 2 N–H and O–H groups in total. The third-order valence-electron chi connectivity index (χ3n) is 3.64. The smallest absolute Gasteiger partial charge is 0.231 e. The lowest BCUT2D eigenvalue weighted by molar-refractivity contribution is 0.172. The van der Waals surface area contributed by atoms with Crippen molar-refractivity contribution in [1.29, 1.82) is 0 Å². The fraction of sp³-hybridized carbons (Fsp3) is 0.538. The van der Waals surface area contributed by atoms with Crippen LogP contribution in [0.15, 0.2) is 6.07 Å². The van der Waals surface area contributed by atoms with Gasteiger partial charge in [-0.05, 0) is 38.3 Å². The van der Waals surface area contributed by atoms with E-state index in [4.69, 9.17) is 21.1 Å². The molecule has 1 saturated heterocycles. The number of phenolic OH excluding ortho intramolecular Hbond substituents is 1. The molecule has 0 aromatic heterocycles. The Morgan fingerprint density at radius 3 is 2.89 bits per heavy atom. The van der Waals surface area contributed by atoms with Gasteiger partial charge in [-0.3, -0.25) is 0 Å². The summed E-state index contributed by atoms with van der Waals surface area (Å²) in [6.07, 6.45) is 3.02. The lowest BCUT2D eigenvalue weighted by atomic mass is 9.90. The summed E-state index contributed by atoms with van der Waals surface area (Å²) in [7, 11) is 0. The van der Waals surface area contributed by atoms with Crippen molar-refractivity contribution in [1.82, 2.24) is 5.32 Å². The molecule has 18 heavy (non-hydrogen) atoms. The van der Waals surface area contributed by atoms with E-state index < -0.39 is 0 Å². The molecule has 2 aliphatic heterocycles. The first-order valence-electron chi connectivity index (χ1n) is 6.26. The van der Waals surface area contributed by atoms with E-state index in [9.17, 15) is 5.11 Å². The van der Waals surface area contributed by atoms with Gasteiger partial charge in [0, 0.05) is 11.6 Å². The Hall–Kier alpha value is -1.13. The summed E-state index contributed by atoms with van der Waals surface area (Å²) in [6.45, 7) is 2.27. The zero-order chi connectivity index (χ0) is 12.5. The fourth-order valence-electron chi connectivity index (χ4n) is 2.63. The highest BCUT2D eigenvalue weighted by Crippen LogP contribution is 2.46. The SMILES string of the molecule is Oc1c(Cl)cc2c(c1CC1CCNCC1)OCO2. The van der Waals surface area contributed by atoms with Gasteiger partial charge in [0.25, 0.3) is 0 Å². The van der Waals surface area contributed by atoms with Gasteiger partial charge in [0.1, 0.15) is 5.75 Å². The molecule has 3 rings (SSSR count). The molecule has 0 amide bonds. The largest absolute Gasteiger partial charge is 0.506 e. The van der Waals surface area contributed by atoms with Crippen LogP contribution in [0.5, 0.6) is 17.2 Å². The second kappa shape index (κ2) is 4.86. The molecule has 98 valence electrons. The molecule has 2 aliphatic rings. The average Bonchev–Trinajstić information content (AvgIpc) is 2.84. The van der Waals surface area contributed by atoms with E-state index >= 15 is 0 Å². The fourth-order valence-corrected chi connectivity index (χ4v) is 2.84. The van der Waals surface area contributed by atoms with Crippen molar-refractivity contribution >= 4 is 11.6 Å². The van der Waals surface area contributed by atoms with Gasteiger partial charge in [-0.15, -0.1) is 0 Å². The van der Waals surface area contributed by atoms with Crippen LogP contribution < -0.4 is 14.8 Å². The van der Waals surface area contributed by atoms with Crippen LogP contribution in [0.25, 0.3) is 0 Å². The minimum atomic E-state index is 0.138. The van der Waals surface area contributed by atoms with Gasteiger partial charge in [-0.2, -0.15) is 0 Å². The molecule has 2 heterocycles. The molecule has 0 unspecified atom stereocenters. The number of phenols is 1. The minimum absolute atomic E-state index is 0.138. The Morgan fingerprint density at radius 1 is 1.33 bits per heavy atom. The quantitative estimate of drug-likeness (QED) is 0.865. The van der Waals surface area contributed by atoms with E-state index in [0.717, 1.165) is 37.9 Å². The lowest BCUT2D eigenvalue weighted by Crippen LogP contribution is -2.28. The van der Waals surface area contributed by atoms with Crippen LogP contribution in [0.2, 0.25) is 5.02 Å². The molecule has 1 aromatic rings. The molecule has 4 nitrogen and oxygen atoms in total. The summed E-state index contributed by atoms with van der Waals surface area (Å²) in [4.78, 5) is 0. The molecule has 0 aliphatic carbocycles. The first kappa shape index (κ1) is 11.9. The van der Waals surface area contributed by atoms with Crippen LogP contribution in [-0.4, -0.2) is 25.0 Å². The van der Waals surface area contributed by atoms with E-state index in [2.05, 4.69) is 5.32 Å². The normalized spacial score (nSPS) is 19.2. The molecule has 1 aromatic carbocycles. The molecule has 0 atom stereocenters. The zero-order valence-corrected chi connectivity index (χ0v) is 10.8. The number of hydrogen-bond acceptors (Lipinski definition) is 4. The molecule has 1 fully saturated rings. The topological polar surface area (TPSA) is 50.7 Å². The standard InChI is InChI=1S/C13H16ClNO3/c14-10-6-11-13(18-7-17-11)9(12(10)16)5-8-1-3-15-4-2-8/h6,8,15-16H,1-5,7H2. The van der Waals surface area contributed by atoms with Crippen molar-refractivity contribution in [3.8, 4) is 17.2 Å². The summed E-state index contributed by atoms with van der Waals surface area (Å²) >= 11 is 6.02. The molecule has 0 spiro atoms. The second-order valence-corrected chi connectivity index (χ2v) is 5.22. The predicted octanol–water partition coefficient (Wildman–Crippen LogP) is 2.32. The van der Waals surface area contributed by atoms with Crippen molar-refractivity contribution in [3.63, 3.8) is 0 Å². The maximum atomic E-state index is 10.1. The van der Waals surface area contributed by atoms with Gasteiger partial charge >= 0.3 is 0 Å². The number of hydrogen-bond donors (Lipinski definition) is 2. The van der Waals surface area contributed by atoms with Gasteiger partial charge in [-0.1, -0.05) is 11.6 Å². The third-order valence-corrected chi connectivity index (χ3v) is 3.93. The van der Waals surface area contributed by atoms with Gasteiger partial charge in [0.2, 0.25) is 6.79 Å². The van der Waals surface area contributed by atoms with E-state index in [-0.39, 0.29) is 12.5 Å². The maximum Gasteiger partial charge on any atom is 0.231 e. The zero-order valence-electron chi connectivity index (χ0n) is 10.0. The molecular weight excluding hydrogens is 254 g/mol. The Balaban J connectivity index is 1.90. The first-order valence-corrected chi connectivity index (χ1v) is 6.64. The Labute approximate surface area is 111 Å². The Kier molecular flexibility index (Phi) is 3.22. The molecule has 5 heteroatoms. The van der Waals surface area contributed by atoms with Crippen molar-refractivity contribution < 1.29 is 14.6 Å². The van der Waals surface area contributed by atoms with Gasteiger partial charge in [0.15, 0.2) is 11.5 Å². The maximum absolute atomic E-state index is 10.1.